The van der Waals surface area contributed by atoms with Crippen LogP contribution in [0.15, 0.2) is 42.6 Å². The van der Waals surface area contributed by atoms with Gasteiger partial charge in [0.25, 0.3) is 5.91 Å². The molecule has 21 heavy (non-hydrogen) atoms. The molecule has 0 spiro atoms. The average Bonchev–Trinajstić information content (AvgIpc) is 2.89. The van der Waals surface area contributed by atoms with Crippen molar-refractivity contribution in [2.75, 3.05) is 0 Å². The summed E-state index contributed by atoms with van der Waals surface area (Å²) in [5.41, 5.74) is 3.13. The third-order valence-electron chi connectivity index (χ3n) is 3.09. The molecule has 3 rings (SSSR count). The Labute approximate surface area is 126 Å². The highest BCUT2D eigenvalue weighted by Crippen LogP contribution is 2.08. The first-order valence-corrected chi connectivity index (χ1v) is 6.85. The molecule has 0 aliphatic heterocycles. The van der Waals surface area contributed by atoms with Crippen LogP contribution in [0.2, 0.25) is 5.15 Å². The lowest BCUT2D eigenvalue weighted by Crippen LogP contribution is -2.23. The highest BCUT2D eigenvalue weighted by atomic mass is 35.5. The molecule has 3 aromatic rings. The third-order valence-corrected chi connectivity index (χ3v) is 3.30. The van der Waals surface area contributed by atoms with Gasteiger partial charge in [-0.25, -0.2) is 9.50 Å². The number of hydrogen-bond donors (Lipinski definition) is 1. The average molecular weight is 301 g/mol. The Kier molecular flexibility index (Phi) is 3.58. The van der Waals surface area contributed by atoms with Gasteiger partial charge in [0, 0.05) is 6.54 Å². The summed E-state index contributed by atoms with van der Waals surface area (Å²) in [7, 11) is 0. The van der Waals surface area contributed by atoms with Crippen LogP contribution in [-0.4, -0.2) is 20.5 Å². The molecule has 0 saturated heterocycles. The standard InChI is InChI=1S/C15H13ClN4O/c1-10-2-4-11(5-3-10)8-17-15(21)12-9-20-14(18-12)7-6-13(16)19-20/h2-7,9H,8H2,1H3,(H,17,21). The monoisotopic (exact) mass is 300 g/mol. The molecule has 1 aromatic carbocycles. The van der Waals surface area contributed by atoms with Crippen molar-refractivity contribution in [2.45, 2.75) is 13.5 Å². The second-order valence-electron chi connectivity index (χ2n) is 4.75. The largest absolute Gasteiger partial charge is 0.347 e. The summed E-state index contributed by atoms with van der Waals surface area (Å²) in [5, 5.41) is 7.23. The highest BCUT2D eigenvalue weighted by Gasteiger charge is 2.11. The molecule has 5 nitrogen and oxygen atoms in total. The van der Waals surface area contributed by atoms with Crippen LogP contribution in [0.25, 0.3) is 5.65 Å². The number of nitrogens with one attached hydrogen (secondary N) is 1. The fraction of sp³-hybridized carbons (Fsp3) is 0.133. The van der Waals surface area contributed by atoms with Crippen molar-refractivity contribution in [1.82, 2.24) is 19.9 Å². The van der Waals surface area contributed by atoms with Crippen molar-refractivity contribution in [3.8, 4) is 0 Å². The summed E-state index contributed by atoms with van der Waals surface area (Å²) in [4.78, 5) is 16.3. The first-order chi connectivity index (χ1) is 10.1. The van der Waals surface area contributed by atoms with Gasteiger partial charge in [-0.05, 0) is 24.6 Å². The zero-order valence-electron chi connectivity index (χ0n) is 11.4. The minimum absolute atomic E-state index is 0.239. The summed E-state index contributed by atoms with van der Waals surface area (Å²) in [6.07, 6.45) is 1.56. The second-order valence-corrected chi connectivity index (χ2v) is 5.14. The molecular formula is C15H13ClN4O. The summed E-state index contributed by atoms with van der Waals surface area (Å²) in [6, 6.07) is 11.3. The lowest BCUT2D eigenvalue weighted by molar-refractivity contribution is 0.0946. The molecule has 0 aliphatic carbocycles. The van der Waals surface area contributed by atoms with Gasteiger partial charge in [0.05, 0.1) is 6.20 Å². The predicted octanol–water partition coefficient (Wildman–Crippen LogP) is 2.62. The van der Waals surface area contributed by atoms with E-state index in [0.29, 0.717) is 23.0 Å². The van der Waals surface area contributed by atoms with Crippen LogP contribution in [0.1, 0.15) is 21.6 Å². The Hall–Kier alpha value is -2.40. The molecule has 0 atom stereocenters. The van der Waals surface area contributed by atoms with E-state index in [1.165, 1.54) is 10.1 Å². The molecule has 6 heteroatoms. The first kappa shape index (κ1) is 13.6. The van der Waals surface area contributed by atoms with E-state index in [4.69, 9.17) is 11.6 Å². The molecule has 0 aliphatic rings. The van der Waals surface area contributed by atoms with Gasteiger partial charge < -0.3 is 5.32 Å². The predicted molar refractivity (Wildman–Crippen MR) is 80.3 cm³/mol. The molecule has 0 saturated carbocycles. The van der Waals surface area contributed by atoms with Gasteiger partial charge in [0.15, 0.2) is 5.65 Å². The Bertz CT molecular complexity index is 795. The number of halogens is 1. The quantitative estimate of drug-likeness (QED) is 0.809. The maximum absolute atomic E-state index is 12.1. The number of aromatic nitrogens is 3. The molecular weight excluding hydrogens is 288 g/mol. The van der Waals surface area contributed by atoms with Crippen molar-refractivity contribution in [1.29, 1.82) is 0 Å². The van der Waals surface area contributed by atoms with Gasteiger partial charge in [-0.1, -0.05) is 41.4 Å². The summed E-state index contributed by atoms with van der Waals surface area (Å²) < 4.78 is 1.49. The molecule has 0 radical (unpaired) electrons. The topological polar surface area (TPSA) is 59.3 Å². The number of nitrogens with zero attached hydrogens (tertiary/aromatic N) is 3. The van der Waals surface area contributed by atoms with E-state index in [1.54, 1.807) is 18.3 Å². The zero-order chi connectivity index (χ0) is 14.8. The lowest BCUT2D eigenvalue weighted by Gasteiger charge is -2.03. The van der Waals surface area contributed by atoms with Crippen molar-refractivity contribution in [3.63, 3.8) is 0 Å². The van der Waals surface area contributed by atoms with E-state index in [1.807, 2.05) is 31.2 Å². The Morgan fingerprint density at radius 2 is 2.00 bits per heavy atom. The maximum Gasteiger partial charge on any atom is 0.271 e. The second kappa shape index (κ2) is 5.54. The zero-order valence-corrected chi connectivity index (χ0v) is 12.1. The number of rotatable bonds is 3. The number of aryl methyl sites for hydroxylation is 1. The molecule has 0 bridgehead atoms. The molecule has 2 aromatic heterocycles. The number of amides is 1. The third kappa shape index (κ3) is 3.03. The van der Waals surface area contributed by atoms with Gasteiger partial charge >= 0.3 is 0 Å². The van der Waals surface area contributed by atoms with E-state index >= 15 is 0 Å². The number of benzene rings is 1. The van der Waals surface area contributed by atoms with E-state index in [0.717, 1.165) is 5.56 Å². The number of fused-ring (bicyclic) bond motifs is 1. The fourth-order valence-corrected chi connectivity index (χ4v) is 2.09. The normalized spacial score (nSPS) is 10.8. The van der Waals surface area contributed by atoms with Crippen LogP contribution in [0, 0.1) is 6.92 Å². The molecule has 1 amide bonds. The van der Waals surface area contributed by atoms with Crippen LogP contribution in [0.3, 0.4) is 0 Å². The summed E-state index contributed by atoms with van der Waals surface area (Å²) >= 11 is 5.80. The van der Waals surface area contributed by atoms with Crippen LogP contribution in [0.4, 0.5) is 0 Å². The minimum atomic E-state index is -0.239. The smallest absolute Gasteiger partial charge is 0.271 e. The van der Waals surface area contributed by atoms with Crippen LogP contribution < -0.4 is 5.32 Å². The van der Waals surface area contributed by atoms with E-state index < -0.39 is 0 Å². The van der Waals surface area contributed by atoms with Gasteiger partial charge in [-0.2, -0.15) is 5.10 Å². The Balaban J connectivity index is 1.73. The SMILES string of the molecule is Cc1ccc(CNC(=O)c2cn3nc(Cl)ccc3n2)cc1. The fourth-order valence-electron chi connectivity index (χ4n) is 1.95. The van der Waals surface area contributed by atoms with Gasteiger partial charge in [0.1, 0.15) is 10.8 Å². The van der Waals surface area contributed by atoms with Gasteiger partial charge in [0.2, 0.25) is 0 Å². The van der Waals surface area contributed by atoms with Crippen molar-refractivity contribution in [2.24, 2.45) is 0 Å². The number of carbonyl (C=O) groups is 1. The molecule has 2 heterocycles. The van der Waals surface area contributed by atoms with Gasteiger partial charge in [-0.15, -0.1) is 0 Å². The minimum Gasteiger partial charge on any atom is -0.347 e. The molecule has 0 unspecified atom stereocenters. The summed E-state index contributed by atoms with van der Waals surface area (Å²) in [6.45, 7) is 2.48. The Morgan fingerprint density at radius 3 is 2.76 bits per heavy atom. The van der Waals surface area contributed by atoms with Crippen molar-refractivity contribution < 1.29 is 4.79 Å². The Morgan fingerprint density at radius 1 is 1.24 bits per heavy atom. The van der Waals surface area contributed by atoms with E-state index in [2.05, 4.69) is 15.4 Å². The van der Waals surface area contributed by atoms with E-state index in [-0.39, 0.29) is 5.91 Å². The summed E-state index contributed by atoms with van der Waals surface area (Å²) in [5.74, 6) is -0.239. The van der Waals surface area contributed by atoms with Crippen molar-refractivity contribution >= 4 is 23.2 Å². The van der Waals surface area contributed by atoms with E-state index in [9.17, 15) is 4.79 Å². The first-order valence-electron chi connectivity index (χ1n) is 6.47. The molecule has 1 N–H and O–H groups in total. The maximum atomic E-state index is 12.1. The van der Waals surface area contributed by atoms with Crippen molar-refractivity contribution in [3.05, 3.63) is 64.6 Å². The molecule has 106 valence electrons. The van der Waals surface area contributed by atoms with Crippen LogP contribution >= 0.6 is 11.6 Å². The van der Waals surface area contributed by atoms with Crippen LogP contribution in [-0.2, 0) is 6.54 Å². The molecule has 0 fully saturated rings. The van der Waals surface area contributed by atoms with Crippen LogP contribution in [0.5, 0.6) is 0 Å². The number of hydrogen-bond acceptors (Lipinski definition) is 3. The lowest BCUT2D eigenvalue weighted by atomic mass is 10.1. The van der Waals surface area contributed by atoms with Gasteiger partial charge in [-0.3, -0.25) is 4.79 Å². The number of imidazole rings is 1. The highest BCUT2D eigenvalue weighted by molar-refractivity contribution is 6.29. The number of carbonyl (C=O) groups excluding carboxylic acids is 1.